The number of carbonyl (C=O) groups excluding carboxylic acids is 2. The SMILES string of the molecule is CCOc1ccc(NC(=O)CCNC(=O)OC(C)(C)C)cc1. The maximum Gasteiger partial charge on any atom is 0.407 e. The fourth-order valence-corrected chi connectivity index (χ4v) is 1.62. The van der Waals surface area contributed by atoms with E-state index in [2.05, 4.69) is 10.6 Å². The van der Waals surface area contributed by atoms with Crippen LogP contribution in [0.15, 0.2) is 24.3 Å². The molecule has 0 radical (unpaired) electrons. The van der Waals surface area contributed by atoms with Crippen LogP contribution in [0.3, 0.4) is 0 Å². The molecule has 0 aliphatic heterocycles. The summed E-state index contributed by atoms with van der Waals surface area (Å²) in [7, 11) is 0. The van der Waals surface area contributed by atoms with E-state index >= 15 is 0 Å². The lowest BCUT2D eigenvalue weighted by Crippen LogP contribution is -2.34. The Labute approximate surface area is 131 Å². The quantitative estimate of drug-likeness (QED) is 0.847. The fraction of sp³-hybridized carbons (Fsp3) is 0.500. The van der Waals surface area contributed by atoms with Gasteiger partial charge in [-0.25, -0.2) is 4.79 Å². The van der Waals surface area contributed by atoms with Crippen LogP contribution in [0.4, 0.5) is 10.5 Å². The third kappa shape index (κ3) is 7.52. The van der Waals surface area contributed by atoms with Crippen LogP contribution in [0, 0.1) is 0 Å². The highest BCUT2D eigenvalue weighted by atomic mass is 16.6. The minimum atomic E-state index is -0.547. The van der Waals surface area contributed by atoms with Crippen LogP contribution in [-0.4, -0.2) is 30.8 Å². The molecule has 1 aromatic carbocycles. The molecule has 6 nitrogen and oxygen atoms in total. The summed E-state index contributed by atoms with van der Waals surface area (Å²) >= 11 is 0. The summed E-state index contributed by atoms with van der Waals surface area (Å²) < 4.78 is 10.4. The van der Waals surface area contributed by atoms with Crippen molar-refractivity contribution < 1.29 is 19.1 Å². The summed E-state index contributed by atoms with van der Waals surface area (Å²) in [6.07, 6.45) is -0.353. The molecule has 0 unspecified atom stereocenters. The molecule has 22 heavy (non-hydrogen) atoms. The normalized spacial score (nSPS) is 10.7. The lowest BCUT2D eigenvalue weighted by atomic mass is 10.2. The summed E-state index contributed by atoms with van der Waals surface area (Å²) in [4.78, 5) is 23.2. The second-order valence-corrected chi connectivity index (χ2v) is 5.68. The minimum Gasteiger partial charge on any atom is -0.494 e. The molecule has 2 N–H and O–H groups in total. The van der Waals surface area contributed by atoms with Crippen molar-refractivity contribution in [2.75, 3.05) is 18.5 Å². The molecular weight excluding hydrogens is 284 g/mol. The molecule has 0 spiro atoms. The van der Waals surface area contributed by atoms with Crippen LogP contribution in [0.1, 0.15) is 34.1 Å². The van der Waals surface area contributed by atoms with Gasteiger partial charge in [0, 0.05) is 18.7 Å². The van der Waals surface area contributed by atoms with E-state index in [1.165, 1.54) is 0 Å². The van der Waals surface area contributed by atoms with Gasteiger partial charge in [-0.15, -0.1) is 0 Å². The molecule has 1 rings (SSSR count). The number of alkyl carbamates (subject to hydrolysis) is 1. The van der Waals surface area contributed by atoms with Gasteiger partial charge in [-0.05, 0) is 52.0 Å². The lowest BCUT2D eigenvalue weighted by molar-refractivity contribution is -0.116. The number of nitrogens with one attached hydrogen (secondary N) is 2. The first-order chi connectivity index (χ1) is 10.3. The molecule has 0 aliphatic carbocycles. The Morgan fingerprint density at radius 1 is 1.14 bits per heavy atom. The third-order valence-corrected chi connectivity index (χ3v) is 2.47. The van der Waals surface area contributed by atoms with Crippen LogP contribution in [-0.2, 0) is 9.53 Å². The van der Waals surface area contributed by atoms with E-state index in [0.717, 1.165) is 5.75 Å². The average Bonchev–Trinajstić information content (AvgIpc) is 2.39. The Bertz CT molecular complexity index is 492. The maximum atomic E-state index is 11.8. The van der Waals surface area contributed by atoms with E-state index in [9.17, 15) is 9.59 Å². The van der Waals surface area contributed by atoms with Crippen LogP contribution in [0.2, 0.25) is 0 Å². The Kier molecular flexibility index (Phi) is 6.69. The van der Waals surface area contributed by atoms with E-state index in [0.29, 0.717) is 12.3 Å². The van der Waals surface area contributed by atoms with Crippen molar-refractivity contribution >= 4 is 17.7 Å². The molecule has 0 bridgehead atoms. The second-order valence-electron chi connectivity index (χ2n) is 5.68. The van der Waals surface area contributed by atoms with Crippen molar-refractivity contribution in [3.05, 3.63) is 24.3 Å². The Balaban J connectivity index is 2.30. The molecular formula is C16H24N2O4. The summed E-state index contributed by atoms with van der Waals surface area (Å²) in [6.45, 7) is 8.08. The number of rotatable bonds is 6. The van der Waals surface area contributed by atoms with Gasteiger partial charge in [0.15, 0.2) is 0 Å². The summed E-state index contributed by atoms with van der Waals surface area (Å²) in [5.41, 5.74) is 0.139. The highest BCUT2D eigenvalue weighted by Gasteiger charge is 2.15. The minimum absolute atomic E-state index is 0.173. The predicted octanol–water partition coefficient (Wildman–Crippen LogP) is 2.94. The standard InChI is InChI=1S/C16H24N2O4/c1-5-21-13-8-6-12(7-9-13)18-14(19)10-11-17-15(20)22-16(2,3)4/h6-9H,5,10-11H2,1-4H3,(H,17,20)(H,18,19). The van der Waals surface area contributed by atoms with Crippen LogP contribution in [0.5, 0.6) is 5.75 Å². The van der Waals surface area contributed by atoms with Crippen LogP contribution >= 0.6 is 0 Å². The van der Waals surface area contributed by atoms with Crippen LogP contribution < -0.4 is 15.4 Å². The zero-order chi connectivity index (χ0) is 16.6. The molecule has 0 aromatic heterocycles. The van der Waals surface area contributed by atoms with Crippen LogP contribution in [0.25, 0.3) is 0 Å². The van der Waals surface area contributed by atoms with Gasteiger partial charge in [-0.3, -0.25) is 4.79 Å². The van der Waals surface area contributed by atoms with Crippen molar-refractivity contribution in [2.24, 2.45) is 0 Å². The van der Waals surface area contributed by atoms with E-state index in [-0.39, 0.29) is 18.9 Å². The first kappa shape index (κ1) is 17.8. The predicted molar refractivity (Wildman–Crippen MR) is 85.1 cm³/mol. The summed E-state index contributed by atoms with van der Waals surface area (Å²) in [6, 6.07) is 7.12. The van der Waals surface area contributed by atoms with Gasteiger partial charge in [0.2, 0.25) is 5.91 Å². The zero-order valence-corrected chi connectivity index (χ0v) is 13.6. The van der Waals surface area contributed by atoms with Gasteiger partial charge in [-0.2, -0.15) is 0 Å². The number of hydrogen-bond acceptors (Lipinski definition) is 4. The van der Waals surface area contributed by atoms with Gasteiger partial charge in [0.05, 0.1) is 6.61 Å². The summed E-state index contributed by atoms with van der Waals surface area (Å²) in [5.74, 6) is 0.576. The van der Waals surface area contributed by atoms with Crippen molar-refractivity contribution in [1.82, 2.24) is 5.32 Å². The smallest absolute Gasteiger partial charge is 0.407 e. The maximum absolute atomic E-state index is 11.8. The van der Waals surface area contributed by atoms with E-state index in [1.54, 1.807) is 45.0 Å². The van der Waals surface area contributed by atoms with Gasteiger partial charge >= 0.3 is 6.09 Å². The van der Waals surface area contributed by atoms with Crippen molar-refractivity contribution in [3.8, 4) is 5.75 Å². The summed E-state index contributed by atoms with van der Waals surface area (Å²) in [5, 5.41) is 5.29. The molecule has 0 saturated heterocycles. The number of amides is 2. The van der Waals surface area contributed by atoms with Crippen molar-refractivity contribution in [3.63, 3.8) is 0 Å². The molecule has 6 heteroatoms. The third-order valence-electron chi connectivity index (χ3n) is 2.47. The van der Waals surface area contributed by atoms with Gasteiger partial charge in [0.25, 0.3) is 0 Å². The molecule has 1 aromatic rings. The second kappa shape index (κ2) is 8.26. The van der Waals surface area contributed by atoms with Gasteiger partial charge in [0.1, 0.15) is 11.4 Å². The lowest BCUT2D eigenvalue weighted by Gasteiger charge is -2.19. The number of ether oxygens (including phenoxy) is 2. The number of hydrogen-bond donors (Lipinski definition) is 2. The Hall–Kier alpha value is -2.24. The van der Waals surface area contributed by atoms with Crippen molar-refractivity contribution in [1.29, 1.82) is 0 Å². The van der Waals surface area contributed by atoms with E-state index < -0.39 is 11.7 Å². The highest BCUT2D eigenvalue weighted by molar-refractivity contribution is 5.91. The Morgan fingerprint density at radius 2 is 1.77 bits per heavy atom. The van der Waals surface area contributed by atoms with E-state index in [4.69, 9.17) is 9.47 Å². The van der Waals surface area contributed by atoms with Crippen molar-refractivity contribution in [2.45, 2.75) is 39.7 Å². The zero-order valence-electron chi connectivity index (χ0n) is 13.6. The number of anilines is 1. The monoisotopic (exact) mass is 308 g/mol. The average molecular weight is 308 g/mol. The molecule has 0 aliphatic rings. The fourth-order valence-electron chi connectivity index (χ4n) is 1.62. The first-order valence-electron chi connectivity index (χ1n) is 7.29. The Morgan fingerprint density at radius 3 is 2.32 bits per heavy atom. The van der Waals surface area contributed by atoms with E-state index in [1.807, 2.05) is 6.92 Å². The molecule has 0 atom stereocenters. The first-order valence-corrected chi connectivity index (χ1v) is 7.29. The highest BCUT2D eigenvalue weighted by Crippen LogP contribution is 2.15. The molecule has 0 saturated carbocycles. The number of benzene rings is 1. The topological polar surface area (TPSA) is 76.7 Å². The molecule has 2 amide bonds. The molecule has 0 heterocycles. The molecule has 0 fully saturated rings. The van der Waals surface area contributed by atoms with Gasteiger partial charge in [-0.1, -0.05) is 0 Å². The van der Waals surface area contributed by atoms with Gasteiger partial charge < -0.3 is 20.1 Å². The largest absolute Gasteiger partial charge is 0.494 e. The molecule has 122 valence electrons. The number of carbonyl (C=O) groups is 2.